The van der Waals surface area contributed by atoms with Crippen molar-refractivity contribution in [2.24, 2.45) is 17.1 Å². The summed E-state index contributed by atoms with van der Waals surface area (Å²) in [6, 6.07) is 0.495. The molecule has 3 rings (SSSR count). The Kier molecular flexibility index (Phi) is 3.95. The van der Waals surface area contributed by atoms with Crippen molar-refractivity contribution in [3.63, 3.8) is 0 Å². The van der Waals surface area contributed by atoms with Crippen LogP contribution < -0.4 is 5.73 Å². The van der Waals surface area contributed by atoms with Gasteiger partial charge in [-0.25, -0.2) is 0 Å². The molecule has 0 aromatic heterocycles. The number of nitrogens with zero attached hydrogens (tertiary/aromatic N) is 1. The molecule has 2 saturated carbocycles. The maximum atomic E-state index is 6.11. The van der Waals surface area contributed by atoms with Crippen molar-refractivity contribution in [1.29, 1.82) is 0 Å². The highest BCUT2D eigenvalue weighted by atomic mass is 15.1. The fraction of sp³-hybridized carbons (Fsp3) is 1.00. The van der Waals surface area contributed by atoms with Gasteiger partial charge < -0.3 is 10.6 Å². The van der Waals surface area contributed by atoms with Gasteiger partial charge in [0, 0.05) is 12.6 Å². The summed E-state index contributed by atoms with van der Waals surface area (Å²) in [5, 5.41) is 0. The largest absolute Gasteiger partial charge is 0.328 e. The van der Waals surface area contributed by atoms with Crippen LogP contribution in [0.1, 0.15) is 64.2 Å². The summed E-state index contributed by atoms with van der Waals surface area (Å²) in [6.07, 6.45) is 14.3. The Bertz CT molecular complexity index is 260. The van der Waals surface area contributed by atoms with E-state index in [2.05, 4.69) is 4.90 Å². The second kappa shape index (κ2) is 5.50. The fourth-order valence-electron chi connectivity index (χ4n) is 4.70. The van der Waals surface area contributed by atoms with Gasteiger partial charge in [0.2, 0.25) is 0 Å². The van der Waals surface area contributed by atoms with E-state index in [1.54, 1.807) is 0 Å². The number of likely N-dealkylation sites (tertiary alicyclic amines) is 1. The van der Waals surface area contributed by atoms with E-state index >= 15 is 0 Å². The quantitative estimate of drug-likeness (QED) is 0.815. The molecule has 0 aromatic carbocycles. The van der Waals surface area contributed by atoms with E-state index in [1.807, 2.05) is 0 Å². The third kappa shape index (κ3) is 2.91. The predicted molar refractivity (Wildman–Crippen MR) is 76.5 cm³/mol. The summed E-state index contributed by atoms with van der Waals surface area (Å²) in [5.41, 5.74) is 6.88. The van der Waals surface area contributed by atoms with E-state index in [0.717, 1.165) is 11.3 Å². The molecule has 1 spiro atoms. The first kappa shape index (κ1) is 12.9. The summed E-state index contributed by atoms with van der Waals surface area (Å²) in [4.78, 5) is 2.74. The van der Waals surface area contributed by atoms with Gasteiger partial charge in [0.25, 0.3) is 0 Å². The van der Waals surface area contributed by atoms with E-state index in [1.165, 1.54) is 83.8 Å². The summed E-state index contributed by atoms with van der Waals surface area (Å²) in [5.74, 6) is 0.895. The molecule has 2 heteroatoms. The highest BCUT2D eigenvalue weighted by Gasteiger charge is 2.37. The van der Waals surface area contributed by atoms with Crippen LogP contribution in [0, 0.1) is 11.3 Å². The summed E-state index contributed by atoms with van der Waals surface area (Å²) >= 11 is 0. The van der Waals surface area contributed by atoms with E-state index < -0.39 is 0 Å². The molecule has 0 amide bonds. The van der Waals surface area contributed by atoms with Gasteiger partial charge in [0.15, 0.2) is 0 Å². The van der Waals surface area contributed by atoms with Gasteiger partial charge in [-0.05, 0) is 69.4 Å². The molecule has 0 aromatic rings. The third-order valence-corrected chi connectivity index (χ3v) is 5.92. The van der Waals surface area contributed by atoms with E-state index in [9.17, 15) is 0 Å². The van der Waals surface area contributed by atoms with Crippen molar-refractivity contribution < 1.29 is 0 Å². The maximum absolute atomic E-state index is 6.11. The summed E-state index contributed by atoms with van der Waals surface area (Å²) < 4.78 is 0. The van der Waals surface area contributed by atoms with E-state index in [0.29, 0.717) is 6.04 Å². The third-order valence-electron chi connectivity index (χ3n) is 5.92. The number of piperidine rings is 1. The molecule has 0 bridgehead atoms. The highest BCUT2D eigenvalue weighted by Crippen LogP contribution is 2.46. The van der Waals surface area contributed by atoms with Crippen molar-refractivity contribution in [1.82, 2.24) is 4.90 Å². The Morgan fingerprint density at radius 2 is 1.67 bits per heavy atom. The molecule has 18 heavy (non-hydrogen) atoms. The molecule has 1 aliphatic heterocycles. The van der Waals surface area contributed by atoms with Gasteiger partial charge in [0.1, 0.15) is 0 Å². The standard InChI is InChI=1S/C16H30N2/c17-15-5-3-4-14(12-15)13-18-10-8-16(9-11-18)6-1-2-7-16/h14-15H,1-13,17H2. The first-order valence-electron chi connectivity index (χ1n) is 8.24. The van der Waals surface area contributed by atoms with Crippen LogP contribution >= 0.6 is 0 Å². The molecule has 1 saturated heterocycles. The number of rotatable bonds is 2. The van der Waals surface area contributed by atoms with Gasteiger partial charge in [-0.2, -0.15) is 0 Å². The summed E-state index contributed by atoms with van der Waals surface area (Å²) in [7, 11) is 0. The highest BCUT2D eigenvalue weighted by molar-refractivity contribution is 4.90. The minimum Gasteiger partial charge on any atom is -0.328 e. The van der Waals surface area contributed by atoms with Crippen LogP contribution in [0.3, 0.4) is 0 Å². The average Bonchev–Trinajstić information content (AvgIpc) is 2.81. The van der Waals surface area contributed by atoms with Gasteiger partial charge >= 0.3 is 0 Å². The Labute approximate surface area is 112 Å². The molecular formula is C16H30N2. The first-order chi connectivity index (χ1) is 8.76. The van der Waals surface area contributed by atoms with E-state index in [4.69, 9.17) is 5.73 Å². The molecule has 2 atom stereocenters. The van der Waals surface area contributed by atoms with Gasteiger partial charge in [0.05, 0.1) is 0 Å². The fourth-order valence-corrected chi connectivity index (χ4v) is 4.70. The first-order valence-corrected chi connectivity index (χ1v) is 8.24. The topological polar surface area (TPSA) is 29.3 Å². The molecule has 2 unspecified atom stereocenters. The zero-order chi connectivity index (χ0) is 12.4. The van der Waals surface area contributed by atoms with Crippen LogP contribution in [0.25, 0.3) is 0 Å². The number of nitrogens with two attached hydrogens (primary N) is 1. The van der Waals surface area contributed by atoms with Crippen molar-refractivity contribution >= 4 is 0 Å². The molecule has 1 heterocycles. The lowest BCUT2D eigenvalue weighted by atomic mass is 9.76. The normalized spacial score (nSPS) is 37.2. The van der Waals surface area contributed by atoms with Crippen LogP contribution in [0.2, 0.25) is 0 Å². The lowest BCUT2D eigenvalue weighted by Gasteiger charge is -2.41. The second-order valence-electron chi connectivity index (χ2n) is 7.30. The van der Waals surface area contributed by atoms with Gasteiger partial charge in [-0.15, -0.1) is 0 Å². The molecule has 2 nitrogen and oxygen atoms in total. The van der Waals surface area contributed by atoms with Crippen molar-refractivity contribution in [2.75, 3.05) is 19.6 Å². The van der Waals surface area contributed by atoms with E-state index in [-0.39, 0.29) is 0 Å². The van der Waals surface area contributed by atoms with Gasteiger partial charge in [-0.1, -0.05) is 19.3 Å². The average molecular weight is 250 g/mol. The van der Waals surface area contributed by atoms with Crippen molar-refractivity contribution in [2.45, 2.75) is 70.3 Å². The van der Waals surface area contributed by atoms with Gasteiger partial charge in [-0.3, -0.25) is 0 Å². The SMILES string of the molecule is NC1CCCC(CN2CCC3(CCCC3)CC2)C1. The Morgan fingerprint density at radius 1 is 0.944 bits per heavy atom. The molecule has 3 aliphatic rings. The lowest BCUT2D eigenvalue weighted by Crippen LogP contribution is -2.42. The zero-order valence-electron chi connectivity index (χ0n) is 11.9. The number of hydrogen-bond donors (Lipinski definition) is 1. The Morgan fingerprint density at radius 3 is 2.33 bits per heavy atom. The van der Waals surface area contributed by atoms with Crippen molar-refractivity contribution in [3.8, 4) is 0 Å². The molecule has 104 valence electrons. The molecule has 0 radical (unpaired) electrons. The van der Waals surface area contributed by atoms with Crippen LogP contribution in [-0.4, -0.2) is 30.6 Å². The second-order valence-corrected chi connectivity index (χ2v) is 7.30. The monoisotopic (exact) mass is 250 g/mol. The summed E-state index contributed by atoms with van der Waals surface area (Å²) in [6.45, 7) is 4.07. The molecule has 3 fully saturated rings. The Hall–Kier alpha value is -0.0800. The van der Waals surface area contributed by atoms with Crippen LogP contribution in [0.4, 0.5) is 0 Å². The smallest absolute Gasteiger partial charge is 0.00419 e. The maximum Gasteiger partial charge on any atom is 0.00419 e. The lowest BCUT2D eigenvalue weighted by molar-refractivity contribution is 0.0879. The predicted octanol–water partition coefficient (Wildman–Crippen LogP) is 3.16. The minimum atomic E-state index is 0.495. The molecule has 2 aliphatic carbocycles. The zero-order valence-corrected chi connectivity index (χ0v) is 11.9. The molecule has 2 N–H and O–H groups in total. The van der Waals surface area contributed by atoms with Crippen LogP contribution in [0.5, 0.6) is 0 Å². The van der Waals surface area contributed by atoms with Crippen LogP contribution in [-0.2, 0) is 0 Å². The number of hydrogen-bond acceptors (Lipinski definition) is 2. The van der Waals surface area contributed by atoms with Crippen molar-refractivity contribution in [3.05, 3.63) is 0 Å². The minimum absolute atomic E-state index is 0.495. The Balaban J connectivity index is 1.45. The molecular weight excluding hydrogens is 220 g/mol. The van der Waals surface area contributed by atoms with Crippen LogP contribution in [0.15, 0.2) is 0 Å².